The molecule has 0 spiro atoms. The number of pyridine rings is 1. The normalized spacial score (nSPS) is 10.3. The highest BCUT2D eigenvalue weighted by molar-refractivity contribution is 6.33. The molecule has 0 radical (unpaired) electrons. The number of benzene rings is 1. The fourth-order valence-electron chi connectivity index (χ4n) is 2.13. The lowest BCUT2D eigenvalue weighted by Gasteiger charge is -2.15. The Balaban J connectivity index is 2.17. The molecule has 0 unspecified atom stereocenters. The van der Waals surface area contributed by atoms with Crippen molar-refractivity contribution in [3.8, 4) is 11.6 Å². The maximum absolute atomic E-state index is 6.25. The fraction of sp³-hybridized carbons (Fsp3) is 0.312. The summed E-state index contributed by atoms with van der Waals surface area (Å²) < 4.78 is 10.3. The van der Waals surface area contributed by atoms with Crippen molar-refractivity contribution < 1.29 is 9.47 Å². The molecule has 0 aliphatic rings. The molecule has 2 rings (SSSR count). The van der Waals surface area contributed by atoms with Gasteiger partial charge in [-0.05, 0) is 37.1 Å². The van der Waals surface area contributed by atoms with Gasteiger partial charge in [0.15, 0.2) is 0 Å². The predicted molar refractivity (Wildman–Crippen MR) is 85.6 cm³/mol. The van der Waals surface area contributed by atoms with Gasteiger partial charge in [0.05, 0.1) is 25.6 Å². The summed E-state index contributed by atoms with van der Waals surface area (Å²) in [7, 11) is 3.22. The molecule has 0 saturated heterocycles. The van der Waals surface area contributed by atoms with E-state index in [0.29, 0.717) is 17.4 Å². The molecule has 0 saturated carbocycles. The minimum atomic E-state index is 0.460. The summed E-state index contributed by atoms with van der Waals surface area (Å²) >= 11 is 6.25. The molecule has 21 heavy (non-hydrogen) atoms. The highest BCUT2D eigenvalue weighted by Crippen LogP contribution is 2.33. The van der Waals surface area contributed by atoms with Crippen LogP contribution in [-0.4, -0.2) is 19.2 Å². The number of hydrogen-bond acceptors (Lipinski definition) is 4. The average molecular weight is 307 g/mol. The van der Waals surface area contributed by atoms with Crippen LogP contribution in [0.3, 0.4) is 0 Å². The second-order valence-electron chi connectivity index (χ2n) is 4.72. The predicted octanol–water partition coefficient (Wildman–Crippen LogP) is 3.98. The standard InChI is InChI=1S/C16H19ClN2O2/c1-10-14(17)16(21-4)19-11(2)15(10)18-9-12-5-7-13(20-3)8-6-12/h5-8,18H,9H2,1-4H3. The quantitative estimate of drug-likeness (QED) is 0.907. The molecule has 0 atom stereocenters. The molecule has 1 aromatic carbocycles. The van der Waals surface area contributed by atoms with E-state index in [-0.39, 0.29) is 0 Å². The van der Waals surface area contributed by atoms with Gasteiger partial charge in [-0.2, -0.15) is 0 Å². The molecule has 2 aromatic rings. The topological polar surface area (TPSA) is 43.4 Å². The molecular weight excluding hydrogens is 288 g/mol. The van der Waals surface area contributed by atoms with Crippen molar-refractivity contribution in [1.29, 1.82) is 0 Å². The third-order valence-electron chi connectivity index (χ3n) is 3.34. The van der Waals surface area contributed by atoms with Crippen LogP contribution in [0.5, 0.6) is 11.6 Å². The van der Waals surface area contributed by atoms with Crippen molar-refractivity contribution in [3.05, 3.63) is 46.1 Å². The van der Waals surface area contributed by atoms with Crippen LogP contribution < -0.4 is 14.8 Å². The highest BCUT2D eigenvalue weighted by Gasteiger charge is 2.13. The Morgan fingerprint density at radius 2 is 1.76 bits per heavy atom. The number of anilines is 1. The number of hydrogen-bond donors (Lipinski definition) is 1. The molecule has 0 amide bonds. The highest BCUT2D eigenvalue weighted by atomic mass is 35.5. The van der Waals surface area contributed by atoms with Crippen molar-refractivity contribution in [2.45, 2.75) is 20.4 Å². The lowest BCUT2D eigenvalue weighted by molar-refractivity contribution is 0.397. The lowest BCUT2D eigenvalue weighted by Crippen LogP contribution is -2.06. The summed E-state index contributed by atoms with van der Waals surface area (Å²) in [5.41, 5.74) is 3.90. The zero-order valence-corrected chi connectivity index (χ0v) is 13.4. The van der Waals surface area contributed by atoms with Gasteiger partial charge in [0.1, 0.15) is 10.8 Å². The molecule has 0 fully saturated rings. The Morgan fingerprint density at radius 3 is 2.33 bits per heavy atom. The third kappa shape index (κ3) is 3.39. The summed E-state index contributed by atoms with van der Waals surface area (Å²) in [6.45, 7) is 4.58. The first-order valence-corrected chi connectivity index (χ1v) is 7.02. The maximum atomic E-state index is 6.25. The summed E-state index contributed by atoms with van der Waals surface area (Å²) in [5, 5.41) is 3.93. The Kier molecular flexibility index (Phi) is 4.91. The molecular formula is C16H19ClN2O2. The molecule has 0 aliphatic heterocycles. The largest absolute Gasteiger partial charge is 0.497 e. The zero-order chi connectivity index (χ0) is 15.4. The molecule has 1 aromatic heterocycles. The van der Waals surface area contributed by atoms with Crippen LogP contribution in [0.15, 0.2) is 24.3 Å². The Hall–Kier alpha value is -1.94. The van der Waals surface area contributed by atoms with Crippen LogP contribution in [0, 0.1) is 13.8 Å². The van der Waals surface area contributed by atoms with E-state index >= 15 is 0 Å². The second kappa shape index (κ2) is 6.68. The Bertz CT molecular complexity index is 627. The number of aromatic nitrogens is 1. The van der Waals surface area contributed by atoms with Crippen molar-refractivity contribution in [1.82, 2.24) is 4.98 Å². The van der Waals surface area contributed by atoms with E-state index in [9.17, 15) is 0 Å². The van der Waals surface area contributed by atoms with Crippen LogP contribution >= 0.6 is 11.6 Å². The van der Waals surface area contributed by atoms with Gasteiger partial charge in [-0.15, -0.1) is 0 Å². The van der Waals surface area contributed by atoms with Crippen molar-refractivity contribution >= 4 is 17.3 Å². The van der Waals surface area contributed by atoms with Crippen LogP contribution in [0.2, 0.25) is 5.02 Å². The van der Waals surface area contributed by atoms with E-state index in [1.165, 1.54) is 0 Å². The minimum absolute atomic E-state index is 0.460. The number of nitrogens with zero attached hydrogens (tertiary/aromatic N) is 1. The smallest absolute Gasteiger partial charge is 0.232 e. The molecule has 1 N–H and O–H groups in total. The van der Waals surface area contributed by atoms with Gasteiger partial charge in [-0.3, -0.25) is 0 Å². The lowest BCUT2D eigenvalue weighted by atomic mass is 10.1. The molecule has 4 nitrogen and oxygen atoms in total. The second-order valence-corrected chi connectivity index (χ2v) is 5.10. The van der Waals surface area contributed by atoms with Gasteiger partial charge in [0.25, 0.3) is 0 Å². The summed E-state index contributed by atoms with van der Waals surface area (Å²) in [6, 6.07) is 7.93. The van der Waals surface area contributed by atoms with E-state index < -0.39 is 0 Å². The number of rotatable bonds is 5. The van der Waals surface area contributed by atoms with Crippen LogP contribution in [0.25, 0.3) is 0 Å². The number of ether oxygens (including phenoxy) is 2. The minimum Gasteiger partial charge on any atom is -0.497 e. The molecule has 112 valence electrons. The molecule has 5 heteroatoms. The first-order valence-electron chi connectivity index (χ1n) is 6.64. The van der Waals surface area contributed by atoms with Gasteiger partial charge in [-0.1, -0.05) is 23.7 Å². The van der Waals surface area contributed by atoms with Gasteiger partial charge < -0.3 is 14.8 Å². The van der Waals surface area contributed by atoms with Crippen LogP contribution in [0.1, 0.15) is 16.8 Å². The van der Waals surface area contributed by atoms with E-state index in [2.05, 4.69) is 10.3 Å². The van der Waals surface area contributed by atoms with Crippen molar-refractivity contribution in [3.63, 3.8) is 0 Å². The van der Waals surface area contributed by atoms with Crippen molar-refractivity contribution in [2.24, 2.45) is 0 Å². The van der Waals surface area contributed by atoms with Crippen molar-refractivity contribution in [2.75, 3.05) is 19.5 Å². The van der Waals surface area contributed by atoms with Gasteiger partial charge in [0, 0.05) is 6.54 Å². The SMILES string of the molecule is COc1ccc(CNc2c(C)nc(OC)c(Cl)c2C)cc1. The summed E-state index contributed by atoms with van der Waals surface area (Å²) in [5.74, 6) is 1.31. The third-order valence-corrected chi connectivity index (χ3v) is 3.79. The van der Waals surface area contributed by atoms with Gasteiger partial charge in [0.2, 0.25) is 5.88 Å². The number of nitrogens with one attached hydrogen (secondary N) is 1. The number of methoxy groups -OCH3 is 2. The van der Waals surface area contributed by atoms with E-state index in [1.54, 1.807) is 14.2 Å². The molecule has 0 aliphatic carbocycles. The number of aryl methyl sites for hydroxylation is 1. The van der Waals surface area contributed by atoms with E-state index in [0.717, 1.165) is 28.3 Å². The fourth-order valence-corrected chi connectivity index (χ4v) is 2.34. The maximum Gasteiger partial charge on any atom is 0.232 e. The van der Waals surface area contributed by atoms with Crippen LogP contribution in [-0.2, 0) is 6.54 Å². The first kappa shape index (κ1) is 15.4. The Labute approximate surface area is 130 Å². The van der Waals surface area contributed by atoms with Crippen LogP contribution in [0.4, 0.5) is 5.69 Å². The molecule has 1 heterocycles. The molecule has 0 bridgehead atoms. The van der Waals surface area contributed by atoms with E-state index in [1.807, 2.05) is 38.1 Å². The Morgan fingerprint density at radius 1 is 1.10 bits per heavy atom. The first-order chi connectivity index (χ1) is 10.1. The monoisotopic (exact) mass is 306 g/mol. The summed E-state index contributed by atoms with van der Waals surface area (Å²) in [6.07, 6.45) is 0. The summed E-state index contributed by atoms with van der Waals surface area (Å²) in [4.78, 5) is 4.35. The van der Waals surface area contributed by atoms with E-state index in [4.69, 9.17) is 21.1 Å². The van der Waals surface area contributed by atoms with Gasteiger partial charge >= 0.3 is 0 Å². The zero-order valence-electron chi connectivity index (χ0n) is 12.7. The van der Waals surface area contributed by atoms with Gasteiger partial charge in [-0.25, -0.2) is 4.98 Å². The average Bonchev–Trinajstić information content (AvgIpc) is 2.51. The number of halogens is 1.